The molecule has 1 aromatic heterocycles. The maximum atomic E-state index is 13.3. The smallest absolute Gasteiger partial charge is 0.393 e. The van der Waals surface area contributed by atoms with Crippen LogP contribution in [0.5, 0.6) is 0 Å². The van der Waals surface area contributed by atoms with Crippen molar-refractivity contribution in [1.29, 1.82) is 0 Å². The zero-order chi connectivity index (χ0) is 20.5. The molecule has 146 valence electrons. The molecule has 0 atom stereocenters. The van der Waals surface area contributed by atoms with E-state index in [1.54, 1.807) is 0 Å². The SMILES string of the molecule is Nc1c(Nc2ccc(F)c(Cl)c2)ncnc1Nc1cc(C(F)(F)F)ccc1Cl. The Morgan fingerprint density at radius 3 is 2.21 bits per heavy atom. The van der Waals surface area contributed by atoms with Crippen LogP contribution in [0.1, 0.15) is 5.56 Å². The number of nitrogens with zero attached hydrogens (tertiary/aromatic N) is 2. The first kappa shape index (κ1) is 20.0. The van der Waals surface area contributed by atoms with E-state index in [9.17, 15) is 17.6 Å². The standard InChI is InChI=1S/C17H11Cl2F4N5/c18-10-3-1-8(17(21,22)23)5-13(10)28-16-14(24)15(25-7-26-16)27-9-2-4-12(20)11(19)6-9/h1-7H,24H2,(H2,25,26,27,28). The number of aromatic nitrogens is 2. The van der Waals surface area contributed by atoms with Crippen molar-refractivity contribution in [2.24, 2.45) is 0 Å². The van der Waals surface area contributed by atoms with Gasteiger partial charge in [-0.1, -0.05) is 23.2 Å². The summed E-state index contributed by atoms with van der Waals surface area (Å²) in [5.41, 5.74) is 5.50. The van der Waals surface area contributed by atoms with Crippen molar-refractivity contribution in [2.45, 2.75) is 6.18 Å². The van der Waals surface area contributed by atoms with Crippen LogP contribution in [0.2, 0.25) is 10.0 Å². The molecule has 0 unspecified atom stereocenters. The molecule has 1 heterocycles. The van der Waals surface area contributed by atoms with E-state index in [0.717, 1.165) is 30.6 Å². The van der Waals surface area contributed by atoms with E-state index in [-0.39, 0.29) is 33.1 Å². The number of nitrogens with one attached hydrogen (secondary N) is 2. The summed E-state index contributed by atoms with van der Waals surface area (Å²) in [5, 5.41) is 5.44. The van der Waals surface area contributed by atoms with E-state index >= 15 is 0 Å². The fourth-order valence-corrected chi connectivity index (χ4v) is 2.58. The maximum Gasteiger partial charge on any atom is 0.416 e. The van der Waals surface area contributed by atoms with Gasteiger partial charge < -0.3 is 16.4 Å². The molecular weight excluding hydrogens is 421 g/mol. The Kier molecular flexibility index (Phi) is 5.48. The molecule has 0 amide bonds. The van der Waals surface area contributed by atoms with Crippen molar-refractivity contribution in [3.63, 3.8) is 0 Å². The van der Waals surface area contributed by atoms with Crippen LogP contribution in [0.4, 0.5) is 46.3 Å². The topological polar surface area (TPSA) is 75.9 Å². The van der Waals surface area contributed by atoms with Crippen molar-refractivity contribution in [2.75, 3.05) is 16.4 Å². The van der Waals surface area contributed by atoms with Gasteiger partial charge in [0.1, 0.15) is 17.8 Å². The Morgan fingerprint density at radius 1 is 0.893 bits per heavy atom. The lowest BCUT2D eigenvalue weighted by atomic mass is 10.2. The van der Waals surface area contributed by atoms with Crippen molar-refractivity contribution < 1.29 is 17.6 Å². The second-order valence-electron chi connectivity index (χ2n) is 5.56. The molecule has 0 radical (unpaired) electrons. The van der Waals surface area contributed by atoms with Gasteiger partial charge in [0.15, 0.2) is 11.6 Å². The largest absolute Gasteiger partial charge is 0.416 e. The van der Waals surface area contributed by atoms with Crippen LogP contribution in [-0.4, -0.2) is 9.97 Å². The third kappa shape index (κ3) is 4.37. The molecular formula is C17H11Cl2F4N5. The highest BCUT2D eigenvalue weighted by molar-refractivity contribution is 6.33. The van der Waals surface area contributed by atoms with Gasteiger partial charge >= 0.3 is 6.18 Å². The number of nitrogen functional groups attached to an aromatic ring is 1. The van der Waals surface area contributed by atoms with Gasteiger partial charge in [-0.05, 0) is 36.4 Å². The molecule has 3 aromatic rings. The summed E-state index contributed by atoms with van der Waals surface area (Å²) in [7, 11) is 0. The van der Waals surface area contributed by atoms with Gasteiger partial charge in [0, 0.05) is 5.69 Å². The van der Waals surface area contributed by atoms with Crippen LogP contribution in [0.25, 0.3) is 0 Å². The maximum absolute atomic E-state index is 13.3. The number of halogens is 6. The Bertz CT molecular complexity index is 1030. The molecule has 0 saturated heterocycles. The van der Waals surface area contributed by atoms with Crippen LogP contribution in [0.15, 0.2) is 42.7 Å². The summed E-state index contributed by atoms with van der Waals surface area (Å²) in [6.45, 7) is 0. The first-order valence-electron chi connectivity index (χ1n) is 7.61. The van der Waals surface area contributed by atoms with Gasteiger partial charge in [0.2, 0.25) is 0 Å². The second kappa shape index (κ2) is 7.69. The van der Waals surface area contributed by atoms with Gasteiger partial charge in [0.05, 0.1) is 21.3 Å². The quantitative estimate of drug-likeness (QED) is 0.441. The van der Waals surface area contributed by atoms with E-state index in [1.165, 1.54) is 12.1 Å². The van der Waals surface area contributed by atoms with Gasteiger partial charge in [-0.25, -0.2) is 14.4 Å². The van der Waals surface area contributed by atoms with E-state index in [1.807, 2.05) is 0 Å². The minimum absolute atomic E-state index is 0.0106. The molecule has 0 saturated carbocycles. The summed E-state index contributed by atoms with van der Waals surface area (Å²) in [4.78, 5) is 7.90. The number of anilines is 5. The average molecular weight is 432 g/mol. The number of rotatable bonds is 4. The highest BCUT2D eigenvalue weighted by atomic mass is 35.5. The predicted molar refractivity (Wildman–Crippen MR) is 101 cm³/mol. The Hall–Kier alpha value is -2.78. The number of benzene rings is 2. The highest BCUT2D eigenvalue weighted by Gasteiger charge is 2.31. The third-order valence-electron chi connectivity index (χ3n) is 3.61. The molecule has 0 spiro atoms. The minimum Gasteiger partial charge on any atom is -0.393 e. The van der Waals surface area contributed by atoms with Crippen LogP contribution in [0, 0.1) is 5.82 Å². The minimum atomic E-state index is -4.53. The average Bonchev–Trinajstić information content (AvgIpc) is 2.62. The van der Waals surface area contributed by atoms with Crippen molar-refractivity contribution in [3.05, 3.63) is 64.2 Å². The number of hydrogen-bond donors (Lipinski definition) is 3. The van der Waals surface area contributed by atoms with Crippen LogP contribution >= 0.6 is 23.2 Å². The highest BCUT2D eigenvalue weighted by Crippen LogP contribution is 2.36. The molecule has 28 heavy (non-hydrogen) atoms. The fraction of sp³-hybridized carbons (Fsp3) is 0.0588. The van der Waals surface area contributed by atoms with Gasteiger partial charge in [0.25, 0.3) is 0 Å². The van der Waals surface area contributed by atoms with Crippen LogP contribution in [-0.2, 0) is 6.18 Å². The van der Waals surface area contributed by atoms with E-state index in [2.05, 4.69) is 20.6 Å². The zero-order valence-corrected chi connectivity index (χ0v) is 15.3. The van der Waals surface area contributed by atoms with E-state index in [0.29, 0.717) is 5.69 Å². The molecule has 5 nitrogen and oxygen atoms in total. The first-order chi connectivity index (χ1) is 13.1. The normalized spacial score (nSPS) is 11.4. The fourth-order valence-electron chi connectivity index (χ4n) is 2.23. The number of alkyl halides is 3. The van der Waals surface area contributed by atoms with E-state index < -0.39 is 17.6 Å². The third-order valence-corrected chi connectivity index (χ3v) is 4.23. The Balaban J connectivity index is 1.90. The first-order valence-corrected chi connectivity index (χ1v) is 8.37. The molecule has 11 heteroatoms. The summed E-state index contributed by atoms with van der Waals surface area (Å²) in [6, 6.07) is 6.72. The lowest BCUT2D eigenvalue weighted by Gasteiger charge is -2.15. The van der Waals surface area contributed by atoms with Crippen molar-refractivity contribution in [1.82, 2.24) is 9.97 Å². The lowest BCUT2D eigenvalue weighted by Crippen LogP contribution is -2.08. The molecule has 0 bridgehead atoms. The van der Waals surface area contributed by atoms with Crippen molar-refractivity contribution in [3.8, 4) is 0 Å². The summed E-state index contributed by atoms with van der Waals surface area (Å²) < 4.78 is 52.0. The molecule has 3 rings (SSSR count). The Morgan fingerprint density at radius 2 is 1.57 bits per heavy atom. The Labute approximate surface area is 166 Å². The zero-order valence-electron chi connectivity index (χ0n) is 13.8. The monoisotopic (exact) mass is 431 g/mol. The number of nitrogens with two attached hydrogens (primary N) is 1. The molecule has 0 aliphatic carbocycles. The van der Waals surface area contributed by atoms with Gasteiger partial charge in [-0.15, -0.1) is 0 Å². The lowest BCUT2D eigenvalue weighted by molar-refractivity contribution is -0.137. The molecule has 0 fully saturated rings. The summed E-state index contributed by atoms with van der Waals surface area (Å²) in [6.07, 6.45) is -3.39. The van der Waals surface area contributed by atoms with Crippen LogP contribution < -0.4 is 16.4 Å². The van der Waals surface area contributed by atoms with E-state index in [4.69, 9.17) is 28.9 Å². The van der Waals surface area contributed by atoms with Gasteiger partial charge in [-0.3, -0.25) is 0 Å². The molecule has 0 aliphatic rings. The molecule has 4 N–H and O–H groups in total. The molecule has 2 aromatic carbocycles. The predicted octanol–water partition coefficient (Wildman–Crippen LogP) is 6.01. The second-order valence-corrected chi connectivity index (χ2v) is 6.37. The van der Waals surface area contributed by atoms with Crippen LogP contribution in [0.3, 0.4) is 0 Å². The summed E-state index contributed by atoms with van der Waals surface area (Å²) >= 11 is 11.7. The van der Waals surface area contributed by atoms with Gasteiger partial charge in [-0.2, -0.15) is 13.2 Å². The number of hydrogen-bond acceptors (Lipinski definition) is 5. The van der Waals surface area contributed by atoms with Crippen molar-refractivity contribution >= 4 is 51.9 Å². The molecule has 0 aliphatic heterocycles. The summed E-state index contributed by atoms with van der Waals surface area (Å²) in [5.74, 6) is -0.417.